The van der Waals surface area contributed by atoms with Crippen LogP contribution in [-0.2, 0) is 15.6 Å². The summed E-state index contributed by atoms with van der Waals surface area (Å²) in [6.07, 6.45) is 0. The van der Waals surface area contributed by atoms with E-state index in [1.54, 1.807) is 11.8 Å². The molecule has 0 bridgehead atoms. The van der Waals surface area contributed by atoms with Crippen molar-refractivity contribution in [3.63, 3.8) is 0 Å². The maximum Gasteiger partial charge on any atom is 0.228 e. The second-order valence-corrected chi connectivity index (χ2v) is 8.94. The number of anilines is 4. The summed E-state index contributed by atoms with van der Waals surface area (Å²) in [6, 6.07) is 12.7. The molecule has 1 amide bonds. The molecule has 0 radical (unpaired) electrons. The van der Waals surface area contributed by atoms with E-state index in [1.807, 2.05) is 12.1 Å². The van der Waals surface area contributed by atoms with E-state index in [0.717, 1.165) is 22.7 Å². The second-order valence-electron chi connectivity index (χ2n) is 8.94. The average Bonchev–Trinajstić information content (AvgIpc) is 2.49. The number of hydrogen-bond acceptors (Lipinski definition) is 2. The molecule has 0 unspecified atom stereocenters. The maximum absolute atomic E-state index is 12.4. The van der Waals surface area contributed by atoms with Crippen molar-refractivity contribution in [2.24, 2.45) is 0 Å². The van der Waals surface area contributed by atoms with Crippen LogP contribution in [0.3, 0.4) is 0 Å². The van der Waals surface area contributed by atoms with Crippen molar-refractivity contribution in [2.75, 3.05) is 10.2 Å². The van der Waals surface area contributed by atoms with Gasteiger partial charge in [0.25, 0.3) is 0 Å². The number of rotatable bonds is 0. The predicted octanol–water partition coefficient (Wildman–Crippen LogP) is 6.02. The largest absolute Gasteiger partial charge is 0.352 e. The van der Waals surface area contributed by atoms with Gasteiger partial charge in [0.1, 0.15) is 0 Å². The average molecular weight is 336 g/mol. The van der Waals surface area contributed by atoms with Crippen molar-refractivity contribution in [1.29, 1.82) is 0 Å². The second kappa shape index (κ2) is 5.62. The quantitative estimate of drug-likeness (QED) is 0.637. The molecule has 0 aliphatic carbocycles. The van der Waals surface area contributed by atoms with Crippen molar-refractivity contribution in [2.45, 2.75) is 59.3 Å². The van der Waals surface area contributed by atoms with E-state index in [4.69, 9.17) is 0 Å². The third-order valence-corrected chi connectivity index (χ3v) is 4.79. The standard InChI is InChI=1S/C22H28N2O/c1-14(25)24-19-10-8-15(21(2,3)4)12-17(19)23-18-13-16(22(5,6)7)9-11-20(18)24/h8-13,23H,1-7H3. The normalized spacial score (nSPS) is 13.8. The topological polar surface area (TPSA) is 32.3 Å². The maximum atomic E-state index is 12.4. The first kappa shape index (κ1) is 17.5. The molecule has 1 heterocycles. The van der Waals surface area contributed by atoms with Gasteiger partial charge in [-0.25, -0.2) is 0 Å². The van der Waals surface area contributed by atoms with Crippen molar-refractivity contribution in [1.82, 2.24) is 0 Å². The van der Waals surface area contributed by atoms with Crippen LogP contribution < -0.4 is 10.2 Å². The van der Waals surface area contributed by atoms with Gasteiger partial charge in [0.2, 0.25) is 5.91 Å². The van der Waals surface area contributed by atoms with Crippen molar-refractivity contribution in [3.8, 4) is 0 Å². The minimum absolute atomic E-state index is 0.0241. The number of benzene rings is 2. The molecule has 1 aliphatic rings. The van der Waals surface area contributed by atoms with E-state index < -0.39 is 0 Å². The number of hydrogen-bond donors (Lipinski definition) is 1. The molecule has 1 N–H and O–H groups in total. The predicted molar refractivity (Wildman–Crippen MR) is 106 cm³/mol. The summed E-state index contributed by atoms with van der Waals surface area (Å²) < 4.78 is 0. The molecule has 3 rings (SSSR count). The van der Waals surface area contributed by atoms with E-state index in [2.05, 4.69) is 71.1 Å². The molecule has 2 aromatic carbocycles. The van der Waals surface area contributed by atoms with Crippen LogP contribution in [0.5, 0.6) is 0 Å². The molecule has 1 aliphatic heterocycles. The first-order valence-electron chi connectivity index (χ1n) is 8.85. The molecule has 25 heavy (non-hydrogen) atoms. The zero-order chi connectivity index (χ0) is 18.6. The summed E-state index contributed by atoms with van der Waals surface area (Å²) in [5, 5.41) is 3.56. The van der Waals surface area contributed by atoms with Crippen LogP contribution in [0.15, 0.2) is 36.4 Å². The number of nitrogens with zero attached hydrogens (tertiary/aromatic N) is 1. The Morgan fingerprint density at radius 1 is 0.800 bits per heavy atom. The highest BCUT2D eigenvalue weighted by atomic mass is 16.2. The molecule has 0 atom stereocenters. The SMILES string of the molecule is CC(=O)N1c2ccc(C(C)(C)C)cc2Nc2cc(C(C)(C)C)ccc21. The first-order valence-corrected chi connectivity index (χ1v) is 8.85. The van der Waals surface area contributed by atoms with Gasteiger partial charge in [-0.3, -0.25) is 9.69 Å². The Kier molecular flexibility index (Phi) is 3.94. The Labute approximate surface area is 151 Å². The number of carbonyl (C=O) groups excluding carboxylic acids is 1. The van der Waals surface area contributed by atoms with E-state index in [-0.39, 0.29) is 16.7 Å². The number of amides is 1. The Morgan fingerprint density at radius 3 is 1.52 bits per heavy atom. The minimum Gasteiger partial charge on any atom is -0.352 e. The summed E-state index contributed by atoms with van der Waals surface area (Å²) in [5.74, 6) is 0.0241. The highest BCUT2D eigenvalue weighted by molar-refractivity contribution is 6.08. The van der Waals surface area contributed by atoms with Crippen LogP contribution in [0.1, 0.15) is 59.6 Å². The molecule has 0 spiro atoms. The monoisotopic (exact) mass is 336 g/mol. The highest BCUT2D eigenvalue weighted by Crippen LogP contribution is 2.46. The van der Waals surface area contributed by atoms with Crippen LogP contribution in [-0.4, -0.2) is 5.91 Å². The lowest BCUT2D eigenvalue weighted by atomic mass is 9.85. The molecule has 0 aromatic heterocycles. The van der Waals surface area contributed by atoms with Crippen LogP contribution in [0, 0.1) is 0 Å². The molecular formula is C22H28N2O. The van der Waals surface area contributed by atoms with Crippen molar-refractivity contribution in [3.05, 3.63) is 47.5 Å². The zero-order valence-corrected chi connectivity index (χ0v) is 16.3. The molecular weight excluding hydrogens is 308 g/mol. The molecule has 132 valence electrons. The van der Waals surface area contributed by atoms with Gasteiger partial charge in [0, 0.05) is 6.92 Å². The fourth-order valence-electron chi connectivity index (χ4n) is 3.21. The highest BCUT2D eigenvalue weighted by Gasteiger charge is 2.28. The van der Waals surface area contributed by atoms with Gasteiger partial charge in [-0.05, 0) is 46.2 Å². The van der Waals surface area contributed by atoms with Gasteiger partial charge in [-0.15, -0.1) is 0 Å². The Bertz CT molecular complexity index is 775. The van der Waals surface area contributed by atoms with E-state index >= 15 is 0 Å². The third kappa shape index (κ3) is 3.15. The van der Waals surface area contributed by atoms with Gasteiger partial charge in [-0.1, -0.05) is 53.7 Å². The summed E-state index contributed by atoms with van der Waals surface area (Å²) in [4.78, 5) is 14.2. The smallest absolute Gasteiger partial charge is 0.228 e. The fraction of sp³-hybridized carbons (Fsp3) is 0.409. The summed E-state index contributed by atoms with van der Waals surface area (Å²) in [7, 11) is 0. The summed E-state index contributed by atoms with van der Waals surface area (Å²) in [5.41, 5.74) is 6.42. The van der Waals surface area contributed by atoms with E-state index in [0.29, 0.717) is 0 Å². The van der Waals surface area contributed by atoms with Crippen molar-refractivity contribution >= 4 is 28.7 Å². The number of nitrogens with one attached hydrogen (secondary N) is 1. The molecule has 3 nitrogen and oxygen atoms in total. The molecule has 0 saturated heterocycles. The van der Waals surface area contributed by atoms with Gasteiger partial charge >= 0.3 is 0 Å². The first-order chi connectivity index (χ1) is 11.5. The lowest BCUT2D eigenvalue weighted by Crippen LogP contribution is -2.28. The van der Waals surface area contributed by atoms with E-state index in [9.17, 15) is 4.79 Å². The van der Waals surface area contributed by atoms with Gasteiger partial charge < -0.3 is 5.32 Å². The summed E-state index contributed by atoms with van der Waals surface area (Å²) >= 11 is 0. The number of carbonyl (C=O) groups is 1. The van der Waals surface area contributed by atoms with Gasteiger partial charge in [0.15, 0.2) is 0 Å². The fourth-order valence-corrected chi connectivity index (χ4v) is 3.21. The lowest BCUT2D eigenvalue weighted by Gasteiger charge is -2.34. The van der Waals surface area contributed by atoms with E-state index in [1.165, 1.54) is 11.1 Å². The molecule has 2 aromatic rings. The Morgan fingerprint density at radius 2 is 1.20 bits per heavy atom. The van der Waals surface area contributed by atoms with Crippen LogP contribution in [0.2, 0.25) is 0 Å². The third-order valence-electron chi connectivity index (χ3n) is 4.79. The lowest BCUT2D eigenvalue weighted by molar-refractivity contribution is -0.115. The number of fused-ring (bicyclic) bond motifs is 2. The minimum atomic E-state index is 0.0241. The molecule has 0 fully saturated rings. The van der Waals surface area contributed by atoms with Gasteiger partial charge in [-0.2, -0.15) is 0 Å². The molecule has 3 heteroatoms. The summed E-state index contributed by atoms with van der Waals surface area (Å²) in [6.45, 7) is 14.8. The Balaban J connectivity index is 2.17. The van der Waals surface area contributed by atoms with Crippen LogP contribution >= 0.6 is 0 Å². The Hall–Kier alpha value is -2.29. The van der Waals surface area contributed by atoms with Gasteiger partial charge in [0.05, 0.1) is 22.7 Å². The zero-order valence-electron chi connectivity index (χ0n) is 16.3. The van der Waals surface area contributed by atoms with Crippen molar-refractivity contribution < 1.29 is 4.79 Å². The van der Waals surface area contributed by atoms with Crippen LogP contribution in [0.4, 0.5) is 22.7 Å². The van der Waals surface area contributed by atoms with Crippen LogP contribution in [0.25, 0.3) is 0 Å². The molecule has 0 saturated carbocycles.